The highest BCUT2D eigenvalue weighted by Gasteiger charge is 2.57. The fraction of sp³-hybridized carbons (Fsp3) is 0.812. The zero-order valence-corrected chi connectivity index (χ0v) is 25.2. The number of hydrazine groups is 1. The topological polar surface area (TPSA) is 76.7 Å². The van der Waals surface area contributed by atoms with Crippen LogP contribution < -0.4 is 10.9 Å². The maximum atomic E-state index is 12.9. The Morgan fingerprint density at radius 3 is 1.45 bits per heavy atom. The van der Waals surface area contributed by atoms with Gasteiger partial charge >= 0.3 is 11.9 Å². The zero-order valence-electron chi connectivity index (χ0n) is 25.2. The Bertz CT molecular complexity index is 893. The highest BCUT2D eigenvalue weighted by atomic mass is 16.6. The van der Waals surface area contributed by atoms with Gasteiger partial charge in [0.1, 0.15) is 11.2 Å². The second-order valence-corrected chi connectivity index (χ2v) is 14.7. The quantitative estimate of drug-likeness (QED) is 0.142. The van der Waals surface area contributed by atoms with E-state index in [0.717, 1.165) is 25.7 Å². The van der Waals surface area contributed by atoms with Crippen molar-refractivity contribution in [1.82, 2.24) is 10.9 Å². The van der Waals surface area contributed by atoms with Gasteiger partial charge in [-0.05, 0) is 104 Å². The average Bonchev–Trinajstić information content (AvgIpc) is 3.30. The number of carbonyl (C=O) groups is 2. The molecule has 0 aliphatic heterocycles. The minimum atomic E-state index is -0.478. The van der Waals surface area contributed by atoms with Gasteiger partial charge in [-0.1, -0.05) is 37.1 Å². The van der Waals surface area contributed by atoms with Crippen LogP contribution in [0.2, 0.25) is 0 Å². The first-order valence-electron chi connectivity index (χ1n) is 15.0. The summed E-state index contributed by atoms with van der Waals surface area (Å²) in [6, 6.07) is 0. The molecule has 2 fully saturated rings. The van der Waals surface area contributed by atoms with Crippen LogP contribution in [0.5, 0.6) is 0 Å². The Labute approximate surface area is 230 Å². The van der Waals surface area contributed by atoms with Crippen molar-refractivity contribution in [3.8, 4) is 0 Å². The van der Waals surface area contributed by atoms with Crippen molar-refractivity contribution in [2.24, 2.45) is 34.5 Å². The molecule has 0 aromatic carbocycles. The predicted octanol–water partition coefficient (Wildman–Crippen LogP) is 6.27. The summed E-state index contributed by atoms with van der Waals surface area (Å²) in [7, 11) is 0. The van der Waals surface area contributed by atoms with Crippen molar-refractivity contribution in [1.29, 1.82) is 0 Å². The van der Waals surface area contributed by atoms with Crippen LogP contribution in [-0.4, -0.2) is 36.2 Å². The highest BCUT2D eigenvalue weighted by Crippen LogP contribution is 2.61. The molecule has 38 heavy (non-hydrogen) atoms. The van der Waals surface area contributed by atoms with Crippen molar-refractivity contribution in [2.45, 2.75) is 118 Å². The van der Waals surface area contributed by atoms with E-state index < -0.39 is 11.2 Å². The Balaban J connectivity index is 1.41. The van der Waals surface area contributed by atoms with Crippen LogP contribution in [0, 0.1) is 34.5 Å². The van der Waals surface area contributed by atoms with Gasteiger partial charge in [0.2, 0.25) is 0 Å². The molecule has 0 spiro atoms. The molecule has 4 aliphatic rings. The normalized spacial score (nSPS) is 33.9. The van der Waals surface area contributed by atoms with Gasteiger partial charge in [-0.3, -0.25) is 20.4 Å². The maximum absolute atomic E-state index is 12.9. The lowest BCUT2D eigenvalue weighted by molar-refractivity contribution is -0.164. The third kappa shape index (κ3) is 6.38. The summed E-state index contributed by atoms with van der Waals surface area (Å²) in [6.45, 7) is 17.5. The van der Waals surface area contributed by atoms with Gasteiger partial charge in [0.15, 0.2) is 0 Å². The molecule has 0 amide bonds. The summed E-state index contributed by atoms with van der Waals surface area (Å²) in [5.41, 5.74) is 8.91. The summed E-state index contributed by atoms with van der Waals surface area (Å²) in [5.74, 6) is 1.93. The molecule has 6 atom stereocenters. The van der Waals surface area contributed by atoms with Crippen molar-refractivity contribution in [3.63, 3.8) is 0 Å². The van der Waals surface area contributed by atoms with Crippen LogP contribution in [-0.2, 0) is 19.1 Å². The summed E-state index contributed by atoms with van der Waals surface area (Å²) < 4.78 is 11.5. The number of hydrogen-bond donors (Lipinski definition) is 2. The van der Waals surface area contributed by atoms with Gasteiger partial charge in [0.25, 0.3) is 0 Å². The van der Waals surface area contributed by atoms with E-state index in [9.17, 15) is 9.59 Å². The van der Waals surface area contributed by atoms with Crippen molar-refractivity contribution >= 4 is 11.9 Å². The van der Waals surface area contributed by atoms with Crippen LogP contribution in [0.15, 0.2) is 23.3 Å². The zero-order chi connectivity index (χ0) is 27.9. The number of allylic oxidation sites excluding steroid dienone is 4. The second-order valence-electron chi connectivity index (χ2n) is 14.7. The van der Waals surface area contributed by atoms with Crippen molar-refractivity contribution in [2.75, 3.05) is 13.1 Å². The fourth-order valence-electron chi connectivity index (χ4n) is 7.81. The van der Waals surface area contributed by atoms with Gasteiger partial charge in [-0.2, -0.15) is 0 Å². The number of nitrogens with one attached hydrogen (secondary N) is 2. The first-order chi connectivity index (χ1) is 17.7. The van der Waals surface area contributed by atoms with Gasteiger partial charge < -0.3 is 9.47 Å². The number of fused-ring (bicyclic) bond motifs is 2. The molecule has 2 saturated carbocycles. The third-order valence-electron chi connectivity index (χ3n) is 9.39. The second kappa shape index (κ2) is 10.7. The summed E-state index contributed by atoms with van der Waals surface area (Å²) in [6.07, 6.45) is 12.3. The minimum absolute atomic E-state index is 0.109. The maximum Gasteiger partial charge on any atom is 0.306 e. The van der Waals surface area contributed by atoms with E-state index in [1.165, 1.54) is 24.0 Å². The van der Waals surface area contributed by atoms with E-state index in [4.69, 9.17) is 9.47 Å². The lowest BCUT2D eigenvalue weighted by Crippen LogP contribution is -2.58. The Kier molecular flexibility index (Phi) is 8.28. The van der Waals surface area contributed by atoms with Crippen LogP contribution in [0.25, 0.3) is 0 Å². The molecule has 0 aromatic heterocycles. The predicted molar refractivity (Wildman–Crippen MR) is 151 cm³/mol. The van der Waals surface area contributed by atoms with Crippen molar-refractivity contribution < 1.29 is 19.1 Å². The summed E-state index contributed by atoms with van der Waals surface area (Å²) >= 11 is 0. The molecule has 0 radical (unpaired) electrons. The standard InChI is InChI=1S/C32H52N2O4/c1-9-21-11-23-15-31(25(23)13-21,17-27(35)37-29(3,4)5)19-33-34-20-32(18-28(36)38-30(6,7)8)16-24-12-22(10-2)14-26(24)32/h13-14,23-26,33-34H,9-12,15-20H2,1-8H3/t23-,24-,25-,26-,31?,32?/m1/s1. The SMILES string of the molecule is CCC1=C[C@@H]2[C@H](C1)CC2(CNNCC1(CC(=O)OC(C)(C)C)C[C@H]2CC(CC)=C[C@H]21)CC(=O)OC(C)(C)C. The van der Waals surface area contributed by atoms with E-state index >= 15 is 0 Å². The molecular formula is C32H52N2O4. The number of esters is 2. The van der Waals surface area contributed by atoms with Gasteiger partial charge in [0, 0.05) is 23.9 Å². The Morgan fingerprint density at radius 2 is 1.13 bits per heavy atom. The number of rotatable bonds is 11. The first kappa shape index (κ1) is 29.3. The van der Waals surface area contributed by atoms with E-state index in [0.29, 0.717) is 49.6 Å². The molecule has 214 valence electrons. The molecule has 4 rings (SSSR count). The molecule has 4 aliphatic carbocycles. The molecule has 6 nitrogen and oxygen atoms in total. The number of ether oxygens (including phenoxy) is 2. The van der Waals surface area contributed by atoms with E-state index in [-0.39, 0.29) is 22.8 Å². The molecular weight excluding hydrogens is 476 g/mol. The Morgan fingerprint density at radius 1 is 0.763 bits per heavy atom. The van der Waals surface area contributed by atoms with Gasteiger partial charge in [-0.25, -0.2) is 0 Å². The molecule has 2 N–H and O–H groups in total. The average molecular weight is 529 g/mol. The smallest absolute Gasteiger partial charge is 0.306 e. The van der Waals surface area contributed by atoms with Crippen LogP contribution in [0.1, 0.15) is 107 Å². The Hall–Kier alpha value is -1.66. The molecule has 6 heteroatoms. The van der Waals surface area contributed by atoms with E-state index in [2.05, 4.69) is 36.9 Å². The fourth-order valence-corrected chi connectivity index (χ4v) is 7.81. The minimum Gasteiger partial charge on any atom is -0.460 e. The van der Waals surface area contributed by atoms with Gasteiger partial charge in [-0.15, -0.1) is 0 Å². The van der Waals surface area contributed by atoms with Crippen LogP contribution in [0.3, 0.4) is 0 Å². The summed E-state index contributed by atoms with van der Waals surface area (Å²) in [4.78, 5) is 25.8. The highest BCUT2D eigenvalue weighted by molar-refractivity contribution is 5.72. The van der Waals surface area contributed by atoms with Gasteiger partial charge in [0.05, 0.1) is 12.8 Å². The van der Waals surface area contributed by atoms with E-state index in [1.807, 2.05) is 41.5 Å². The molecule has 0 heterocycles. The van der Waals surface area contributed by atoms with E-state index in [1.54, 1.807) is 0 Å². The molecule has 0 bridgehead atoms. The lowest BCUT2D eigenvalue weighted by Gasteiger charge is -2.54. The summed E-state index contributed by atoms with van der Waals surface area (Å²) in [5, 5.41) is 0. The monoisotopic (exact) mass is 528 g/mol. The largest absolute Gasteiger partial charge is 0.460 e. The number of hydrogen-bond acceptors (Lipinski definition) is 6. The third-order valence-corrected chi connectivity index (χ3v) is 9.39. The first-order valence-corrected chi connectivity index (χ1v) is 15.0. The van der Waals surface area contributed by atoms with Crippen LogP contribution in [0.4, 0.5) is 0 Å². The molecule has 0 saturated heterocycles. The number of carbonyl (C=O) groups excluding carboxylic acids is 2. The lowest BCUT2D eigenvalue weighted by atomic mass is 9.53. The molecule has 0 aromatic rings. The van der Waals surface area contributed by atoms with Crippen molar-refractivity contribution in [3.05, 3.63) is 23.3 Å². The molecule has 2 unspecified atom stereocenters. The van der Waals surface area contributed by atoms with Crippen LogP contribution >= 0.6 is 0 Å².